The van der Waals surface area contributed by atoms with Gasteiger partial charge in [0.1, 0.15) is 0 Å². The smallest absolute Gasteiger partial charge is 0.0991 e. The van der Waals surface area contributed by atoms with Crippen molar-refractivity contribution in [1.29, 1.82) is 5.26 Å². The Bertz CT molecular complexity index is 458. The summed E-state index contributed by atoms with van der Waals surface area (Å²) in [5.41, 5.74) is 3.29. The van der Waals surface area contributed by atoms with Gasteiger partial charge in [0.15, 0.2) is 0 Å². The molecule has 0 radical (unpaired) electrons. The van der Waals surface area contributed by atoms with E-state index in [1.54, 1.807) is 0 Å². The fourth-order valence-corrected chi connectivity index (χ4v) is 2.85. The highest BCUT2D eigenvalue weighted by molar-refractivity contribution is 5.41. The monoisotopic (exact) mass is 228 g/mol. The second-order valence-electron chi connectivity index (χ2n) is 4.77. The van der Waals surface area contributed by atoms with E-state index in [0.29, 0.717) is 6.04 Å². The van der Waals surface area contributed by atoms with Gasteiger partial charge in [-0.1, -0.05) is 6.07 Å². The molecule has 3 rings (SSSR count). The lowest BCUT2D eigenvalue weighted by Gasteiger charge is -2.30. The molecule has 88 valence electrons. The second-order valence-corrected chi connectivity index (χ2v) is 4.77. The summed E-state index contributed by atoms with van der Waals surface area (Å²) in [5.74, 6) is 0. The minimum Gasteiger partial charge on any atom is -0.372 e. The third kappa shape index (κ3) is 1.95. The molecule has 0 unspecified atom stereocenters. The summed E-state index contributed by atoms with van der Waals surface area (Å²) < 4.78 is 5.92. The fourth-order valence-electron chi connectivity index (χ4n) is 2.85. The molecule has 2 aliphatic heterocycles. The minimum absolute atomic E-state index is 0.134. The first-order valence-corrected chi connectivity index (χ1v) is 6.26. The van der Waals surface area contributed by atoms with E-state index in [1.165, 1.54) is 24.0 Å². The van der Waals surface area contributed by atoms with Crippen LogP contribution in [0.1, 0.15) is 35.6 Å². The van der Waals surface area contributed by atoms with Crippen molar-refractivity contribution >= 4 is 0 Å². The normalized spacial score (nSPS) is 27.5. The molecule has 1 aromatic rings. The standard InChI is InChI=1S/C14H16N2O/c15-9-10-3-4-11-5-7-17-14(12(11)8-10)13-2-1-6-16-13/h3-4,8,13-14,16H,1-2,5-7H2/t13-,14-/m0/s1. The van der Waals surface area contributed by atoms with Gasteiger partial charge in [0.05, 0.1) is 24.3 Å². The average molecular weight is 228 g/mol. The van der Waals surface area contributed by atoms with Crippen molar-refractivity contribution in [1.82, 2.24) is 5.32 Å². The lowest BCUT2D eigenvalue weighted by atomic mass is 9.91. The third-order valence-electron chi connectivity index (χ3n) is 3.71. The van der Waals surface area contributed by atoms with Gasteiger partial charge in [0.2, 0.25) is 0 Å². The quantitative estimate of drug-likeness (QED) is 0.798. The van der Waals surface area contributed by atoms with Crippen molar-refractivity contribution in [3.63, 3.8) is 0 Å². The molecule has 1 fully saturated rings. The van der Waals surface area contributed by atoms with Crippen LogP contribution in [0.25, 0.3) is 0 Å². The molecule has 0 saturated carbocycles. The summed E-state index contributed by atoms with van der Waals surface area (Å²) in [6, 6.07) is 8.62. The van der Waals surface area contributed by atoms with Crippen LogP contribution in [0.2, 0.25) is 0 Å². The van der Waals surface area contributed by atoms with Crippen LogP contribution in [-0.4, -0.2) is 19.2 Å². The highest BCUT2D eigenvalue weighted by atomic mass is 16.5. The van der Waals surface area contributed by atoms with Gasteiger partial charge in [-0.3, -0.25) is 0 Å². The SMILES string of the molecule is N#Cc1ccc2c(c1)[C@@H]([C@@H]1CCCN1)OCC2. The minimum atomic E-state index is 0.134. The number of hydrogen-bond donors (Lipinski definition) is 1. The Hall–Kier alpha value is -1.37. The lowest BCUT2D eigenvalue weighted by molar-refractivity contribution is 0.0199. The number of nitriles is 1. The van der Waals surface area contributed by atoms with E-state index in [2.05, 4.69) is 17.5 Å². The first-order chi connectivity index (χ1) is 8.38. The van der Waals surface area contributed by atoms with E-state index in [1.807, 2.05) is 12.1 Å². The summed E-state index contributed by atoms with van der Waals surface area (Å²) >= 11 is 0. The summed E-state index contributed by atoms with van der Waals surface area (Å²) in [6.07, 6.45) is 3.48. The van der Waals surface area contributed by atoms with Gasteiger partial charge in [-0.2, -0.15) is 5.26 Å². The van der Waals surface area contributed by atoms with E-state index in [0.717, 1.165) is 25.1 Å². The van der Waals surface area contributed by atoms with Crippen molar-refractivity contribution in [3.05, 3.63) is 34.9 Å². The van der Waals surface area contributed by atoms with Crippen LogP contribution >= 0.6 is 0 Å². The maximum atomic E-state index is 8.98. The molecule has 17 heavy (non-hydrogen) atoms. The number of nitrogens with one attached hydrogen (secondary N) is 1. The summed E-state index contributed by atoms with van der Waals surface area (Å²) in [4.78, 5) is 0. The van der Waals surface area contributed by atoms with Gasteiger partial charge in [0, 0.05) is 6.04 Å². The van der Waals surface area contributed by atoms with E-state index in [-0.39, 0.29) is 6.10 Å². The Morgan fingerprint density at radius 2 is 2.35 bits per heavy atom. The number of hydrogen-bond acceptors (Lipinski definition) is 3. The zero-order chi connectivity index (χ0) is 11.7. The maximum absolute atomic E-state index is 8.98. The molecule has 1 saturated heterocycles. The predicted octanol–water partition coefficient (Wildman–Crippen LogP) is 1.92. The molecular weight excluding hydrogens is 212 g/mol. The summed E-state index contributed by atoms with van der Waals surface area (Å²) in [6.45, 7) is 1.87. The molecule has 1 aromatic carbocycles. The zero-order valence-electron chi connectivity index (χ0n) is 9.78. The first-order valence-electron chi connectivity index (χ1n) is 6.26. The maximum Gasteiger partial charge on any atom is 0.0991 e. The number of fused-ring (bicyclic) bond motifs is 1. The van der Waals surface area contributed by atoms with Gasteiger partial charge in [-0.15, -0.1) is 0 Å². The third-order valence-corrected chi connectivity index (χ3v) is 3.71. The Labute approximate surface area is 101 Å². The van der Waals surface area contributed by atoms with Gasteiger partial charge >= 0.3 is 0 Å². The molecule has 0 aliphatic carbocycles. The molecule has 2 aliphatic rings. The fraction of sp³-hybridized carbons (Fsp3) is 0.500. The van der Waals surface area contributed by atoms with Crippen molar-refractivity contribution < 1.29 is 4.74 Å². The van der Waals surface area contributed by atoms with Crippen LogP contribution in [0.15, 0.2) is 18.2 Å². The van der Waals surface area contributed by atoms with Crippen LogP contribution in [-0.2, 0) is 11.2 Å². The topological polar surface area (TPSA) is 45.0 Å². The molecular formula is C14H16N2O. The summed E-state index contributed by atoms with van der Waals surface area (Å²) in [7, 11) is 0. The Morgan fingerprint density at radius 3 is 3.12 bits per heavy atom. The van der Waals surface area contributed by atoms with E-state index < -0.39 is 0 Å². The molecule has 1 N–H and O–H groups in total. The van der Waals surface area contributed by atoms with Crippen molar-refractivity contribution in [3.8, 4) is 6.07 Å². The van der Waals surface area contributed by atoms with Crippen LogP contribution in [0.5, 0.6) is 0 Å². The lowest BCUT2D eigenvalue weighted by Crippen LogP contribution is -2.33. The van der Waals surface area contributed by atoms with Crippen molar-refractivity contribution in [2.75, 3.05) is 13.2 Å². The Morgan fingerprint density at radius 1 is 1.41 bits per heavy atom. The Kier molecular flexibility index (Phi) is 2.84. The van der Waals surface area contributed by atoms with Gasteiger partial charge in [-0.05, 0) is 49.1 Å². The molecule has 2 atom stereocenters. The number of nitrogens with zero attached hydrogens (tertiary/aromatic N) is 1. The van der Waals surface area contributed by atoms with E-state index in [9.17, 15) is 0 Å². The Balaban J connectivity index is 1.97. The highest BCUT2D eigenvalue weighted by Gasteiger charge is 2.30. The molecule has 0 spiro atoms. The molecule has 2 heterocycles. The molecule has 3 heteroatoms. The average Bonchev–Trinajstić information content (AvgIpc) is 2.91. The highest BCUT2D eigenvalue weighted by Crippen LogP contribution is 2.33. The molecule has 0 aromatic heterocycles. The predicted molar refractivity (Wildman–Crippen MR) is 64.6 cm³/mol. The first kappa shape index (κ1) is 10.8. The van der Waals surface area contributed by atoms with Gasteiger partial charge < -0.3 is 10.1 Å². The number of rotatable bonds is 1. The molecule has 3 nitrogen and oxygen atoms in total. The van der Waals surface area contributed by atoms with Crippen LogP contribution < -0.4 is 5.32 Å². The largest absolute Gasteiger partial charge is 0.372 e. The number of benzene rings is 1. The summed E-state index contributed by atoms with van der Waals surface area (Å²) in [5, 5.41) is 12.5. The van der Waals surface area contributed by atoms with Crippen molar-refractivity contribution in [2.45, 2.75) is 31.4 Å². The molecule has 0 amide bonds. The zero-order valence-corrected chi connectivity index (χ0v) is 9.78. The number of ether oxygens (including phenoxy) is 1. The van der Waals surface area contributed by atoms with Crippen LogP contribution in [0, 0.1) is 11.3 Å². The van der Waals surface area contributed by atoms with E-state index in [4.69, 9.17) is 10.00 Å². The second kappa shape index (κ2) is 4.48. The van der Waals surface area contributed by atoms with Crippen LogP contribution in [0.4, 0.5) is 0 Å². The van der Waals surface area contributed by atoms with Gasteiger partial charge in [0.25, 0.3) is 0 Å². The van der Waals surface area contributed by atoms with Crippen molar-refractivity contribution in [2.24, 2.45) is 0 Å². The van der Waals surface area contributed by atoms with E-state index >= 15 is 0 Å². The van der Waals surface area contributed by atoms with Gasteiger partial charge in [-0.25, -0.2) is 0 Å². The molecule has 0 bridgehead atoms. The van der Waals surface area contributed by atoms with Crippen LogP contribution in [0.3, 0.4) is 0 Å².